The Kier molecular flexibility index (Phi) is 7.16. The fraction of sp³-hybridized carbons (Fsp3) is 0.697. The zero-order chi connectivity index (χ0) is 28.2. The maximum atomic E-state index is 14.4. The van der Waals surface area contributed by atoms with E-state index in [1.807, 2.05) is 28.8 Å². The minimum atomic E-state index is -1.06. The molecule has 0 radical (unpaired) electrons. The van der Waals surface area contributed by atoms with Gasteiger partial charge in [-0.15, -0.1) is 0 Å². The molecule has 41 heavy (non-hydrogen) atoms. The van der Waals surface area contributed by atoms with Gasteiger partial charge in [0.25, 0.3) is 5.56 Å². The van der Waals surface area contributed by atoms with Crippen molar-refractivity contribution in [3.63, 3.8) is 0 Å². The van der Waals surface area contributed by atoms with Crippen molar-refractivity contribution >= 4 is 22.9 Å². The molecular formula is C33H44N4O4. The fourth-order valence-corrected chi connectivity index (χ4v) is 9.89. The van der Waals surface area contributed by atoms with Gasteiger partial charge < -0.3 is 14.6 Å². The first-order valence-electron chi connectivity index (χ1n) is 16.2. The summed E-state index contributed by atoms with van der Waals surface area (Å²) in [5.41, 5.74) is 1.79. The van der Waals surface area contributed by atoms with Crippen LogP contribution in [0.3, 0.4) is 0 Å². The molecule has 7 rings (SSSR count). The molecule has 1 N–H and O–H groups in total. The molecule has 0 spiro atoms. The van der Waals surface area contributed by atoms with Gasteiger partial charge in [-0.05, 0) is 101 Å². The van der Waals surface area contributed by atoms with E-state index in [2.05, 4.69) is 11.8 Å². The molecule has 3 saturated heterocycles. The lowest BCUT2D eigenvalue weighted by atomic mass is 9.65. The van der Waals surface area contributed by atoms with E-state index >= 15 is 0 Å². The number of rotatable bonds is 5. The Morgan fingerprint density at radius 3 is 2.29 bits per heavy atom. The number of hydrogen-bond acceptors (Lipinski definition) is 5. The number of aliphatic carboxylic acids is 1. The molecule has 5 fully saturated rings. The predicted octanol–water partition coefficient (Wildman–Crippen LogP) is 5.31. The van der Waals surface area contributed by atoms with Crippen molar-refractivity contribution in [2.75, 3.05) is 6.54 Å². The molecule has 4 heterocycles. The molecule has 8 atom stereocenters. The summed E-state index contributed by atoms with van der Waals surface area (Å²) in [5.74, 6) is 1.35. The van der Waals surface area contributed by atoms with Crippen molar-refractivity contribution in [1.29, 1.82) is 0 Å². The van der Waals surface area contributed by atoms with Crippen LogP contribution in [-0.4, -0.2) is 61.0 Å². The number of likely N-dealkylation sites (tertiary alicyclic amines) is 1. The van der Waals surface area contributed by atoms with Gasteiger partial charge in [-0.2, -0.15) is 0 Å². The van der Waals surface area contributed by atoms with Gasteiger partial charge in [0, 0.05) is 30.6 Å². The molecule has 5 aliphatic rings. The number of carbonyl (C=O) groups is 2. The van der Waals surface area contributed by atoms with E-state index in [0.29, 0.717) is 43.1 Å². The third-order valence-electron chi connectivity index (χ3n) is 11.1. The van der Waals surface area contributed by atoms with Crippen LogP contribution in [0.15, 0.2) is 29.1 Å². The van der Waals surface area contributed by atoms with E-state index in [-0.39, 0.29) is 17.5 Å². The second-order valence-corrected chi connectivity index (χ2v) is 14.0. The van der Waals surface area contributed by atoms with Crippen molar-refractivity contribution < 1.29 is 14.7 Å². The molecule has 2 saturated carbocycles. The third kappa shape index (κ3) is 5.00. The second kappa shape index (κ2) is 10.8. The van der Waals surface area contributed by atoms with Crippen molar-refractivity contribution in [2.45, 2.75) is 121 Å². The summed E-state index contributed by atoms with van der Waals surface area (Å²) >= 11 is 0. The van der Waals surface area contributed by atoms with Crippen LogP contribution in [-0.2, 0) is 9.59 Å². The van der Waals surface area contributed by atoms with E-state index in [4.69, 9.17) is 4.98 Å². The normalized spacial score (nSPS) is 35.9. The van der Waals surface area contributed by atoms with Gasteiger partial charge in [-0.25, -0.2) is 4.98 Å². The molecule has 2 aliphatic carbocycles. The Labute approximate surface area is 242 Å². The Bertz CT molecular complexity index is 1360. The maximum absolute atomic E-state index is 14.4. The number of nitrogens with zero attached hydrogens (tertiary/aromatic N) is 4. The lowest BCUT2D eigenvalue weighted by Crippen LogP contribution is -2.59. The summed E-state index contributed by atoms with van der Waals surface area (Å²) in [4.78, 5) is 47.9. The van der Waals surface area contributed by atoms with Crippen LogP contribution >= 0.6 is 0 Å². The van der Waals surface area contributed by atoms with Crippen molar-refractivity contribution in [3.05, 3.63) is 40.3 Å². The molecule has 1 amide bonds. The predicted molar refractivity (Wildman–Crippen MR) is 156 cm³/mol. The van der Waals surface area contributed by atoms with Gasteiger partial charge >= 0.3 is 5.97 Å². The average molecular weight is 561 g/mol. The minimum Gasteiger partial charge on any atom is -0.480 e. The molecular weight excluding hydrogens is 516 g/mol. The van der Waals surface area contributed by atoms with Crippen LogP contribution in [0.1, 0.15) is 108 Å². The largest absolute Gasteiger partial charge is 0.480 e. The molecule has 2 aromatic rings. The Balaban J connectivity index is 1.23. The number of hydrogen-bond donors (Lipinski definition) is 1. The van der Waals surface area contributed by atoms with Crippen LogP contribution in [0.2, 0.25) is 0 Å². The first kappa shape index (κ1) is 27.1. The van der Waals surface area contributed by atoms with E-state index in [0.717, 1.165) is 41.6 Å². The SMILES string of the molecule is C[C@@H]1C[C@@H]2C[C@H](C1)C[C@@H](N1[C@@H]3CCC[C@H]1C[C@@H](n1c(=O)c(C4CCCC(=O)N4CC(=O)O)nc4ccccc41)C3)C2. The molecule has 8 nitrogen and oxygen atoms in total. The lowest BCUT2D eigenvalue weighted by molar-refractivity contribution is -0.148. The number of carbonyl (C=O) groups excluding carboxylic acids is 1. The first-order valence-corrected chi connectivity index (χ1v) is 16.2. The third-order valence-corrected chi connectivity index (χ3v) is 11.1. The Morgan fingerprint density at radius 2 is 1.59 bits per heavy atom. The van der Waals surface area contributed by atoms with Crippen LogP contribution in [0.4, 0.5) is 0 Å². The highest BCUT2D eigenvalue weighted by molar-refractivity contribution is 5.82. The molecule has 4 bridgehead atoms. The van der Waals surface area contributed by atoms with Crippen LogP contribution in [0.25, 0.3) is 11.0 Å². The number of aromatic nitrogens is 2. The topological polar surface area (TPSA) is 95.7 Å². The number of piperidine rings is 3. The molecule has 220 valence electrons. The molecule has 3 aliphatic heterocycles. The number of benzene rings is 1. The Morgan fingerprint density at radius 1 is 0.878 bits per heavy atom. The summed E-state index contributed by atoms with van der Waals surface area (Å²) in [6.07, 6.45) is 14.0. The summed E-state index contributed by atoms with van der Waals surface area (Å²) in [5, 5.41) is 9.53. The quantitative estimate of drug-likeness (QED) is 0.533. The van der Waals surface area contributed by atoms with Gasteiger partial charge in [0.1, 0.15) is 12.2 Å². The van der Waals surface area contributed by atoms with Gasteiger partial charge in [0.05, 0.1) is 17.1 Å². The van der Waals surface area contributed by atoms with Crippen LogP contribution in [0, 0.1) is 17.8 Å². The molecule has 1 aromatic carbocycles. The molecule has 8 heteroatoms. The lowest BCUT2D eigenvalue weighted by Gasteiger charge is -2.56. The highest BCUT2D eigenvalue weighted by Gasteiger charge is 2.46. The number of carboxylic acids is 1. The summed E-state index contributed by atoms with van der Waals surface area (Å²) in [6.45, 7) is 2.04. The Hall–Kier alpha value is -2.74. The highest BCUT2D eigenvalue weighted by atomic mass is 16.4. The van der Waals surface area contributed by atoms with Crippen molar-refractivity contribution in [1.82, 2.24) is 19.4 Å². The number of carboxylic acid groups (broad SMARTS) is 1. The number of fused-ring (bicyclic) bond motifs is 5. The zero-order valence-corrected chi connectivity index (χ0v) is 24.3. The van der Waals surface area contributed by atoms with Crippen molar-refractivity contribution in [3.8, 4) is 0 Å². The van der Waals surface area contributed by atoms with Gasteiger partial charge in [0.2, 0.25) is 5.91 Å². The van der Waals surface area contributed by atoms with Crippen LogP contribution < -0.4 is 5.56 Å². The number of amides is 1. The second-order valence-electron chi connectivity index (χ2n) is 14.0. The average Bonchev–Trinajstić information content (AvgIpc) is 2.92. The summed E-state index contributed by atoms with van der Waals surface area (Å²) in [6, 6.07) is 9.01. The van der Waals surface area contributed by atoms with Crippen molar-refractivity contribution in [2.24, 2.45) is 17.8 Å². The molecule has 1 unspecified atom stereocenters. The van der Waals surface area contributed by atoms with Gasteiger partial charge in [0.15, 0.2) is 0 Å². The number of para-hydroxylation sites is 2. The fourth-order valence-electron chi connectivity index (χ4n) is 9.89. The first-order chi connectivity index (χ1) is 19.9. The highest BCUT2D eigenvalue weighted by Crippen LogP contribution is 2.48. The molecule has 1 aromatic heterocycles. The van der Waals surface area contributed by atoms with Gasteiger partial charge in [-0.3, -0.25) is 19.3 Å². The zero-order valence-electron chi connectivity index (χ0n) is 24.3. The minimum absolute atomic E-state index is 0.0797. The van der Waals surface area contributed by atoms with E-state index in [1.165, 1.54) is 56.3 Å². The van der Waals surface area contributed by atoms with Crippen LogP contribution in [0.5, 0.6) is 0 Å². The van der Waals surface area contributed by atoms with E-state index < -0.39 is 18.6 Å². The smallest absolute Gasteiger partial charge is 0.323 e. The summed E-state index contributed by atoms with van der Waals surface area (Å²) < 4.78 is 2.00. The summed E-state index contributed by atoms with van der Waals surface area (Å²) in [7, 11) is 0. The monoisotopic (exact) mass is 560 g/mol. The standard InChI is InChI=1S/C33H44N4O4/c1-20-12-21-14-22(13-20)16-25(15-21)36-23-6-4-7-24(36)18-26(17-23)37-28-9-3-2-8-27(28)34-32(33(37)41)29-10-5-11-30(38)35(29)19-31(39)40/h2-3,8-9,20-26,29H,4-7,10-19H2,1H3,(H,39,40)/t20-,21-,22+,23-,24+,25+,26+,29?. The van der Waals surface area contributed by atoms with E-state index in [1.54, 1.807) is 0 Å². The van der Waals surface area contributed by atoms with Gasteiger partial charge in [-0.1, -0.05) is 25.5 Å². The van der Waals surface area contributed by atoms with E-state index in [9.17, 15) is 19.5 Å². The maximum Gasteiger partial charge on any atom is 0.323 e.